The summed E-state index contributed by atoms with van der Waals surface area (Å²) in [5, 5.41) is 2.49. The van der Waals surface area contributed by atoms with E-state index >= 15 is 0 Å². The molecule has 31 heavy (non-hydrogen) atoms. The summed E-state index contributed by atoms with van der Waals surface area (Å²) in [5.74, 6) is 0.701. The second-order valence-electron chi connectivity index (χ2n) is 7.49. The molecule has 3 rings (SSSR count). The lowest BCUT2D eigenvalue weighted by atomic mass is 10.2. The highest BCUT2D eigenvalue weighted by Gasteiger charge is 2.34. The summed E-state index contributed by atoms with van der Waals surface area (Å²) in [6.45, 7) is 2.64. The van der Waals surface area contributed by atoms with Crippen LogP contribution < -0.4 is 14.8 Å². The number of hydrogen-bond donors (Lipinski definition) is 1. The second kappa shape index (κ2) is 11.2. The minimum absolute atomic E-state index is 0.0743. The number of imide groups is 1. The van der Waals surface area contributed by atoms with Crippen LogP contribution in [0.3, 0.4) is 0 Å². The number of carbonyl (C=O) groups is 3. The maximum absolute atomic E-state index is 12.7. The van der Waals surface area contributed by atoms with Crippen molar-refractivity contribution < 1.29 is 23.9 Å². The quantitative estimate of drug-likeness (QED) is 0.613. The summed E-state index contributed by atoms with van der Waals surface area (Å²) in [6, 6.07) is 5.28. The Morgan fingerprint density at radius 3 is 2.48 bits per heavy atom. The van der Waals surface area contributed by atoms with Crippen LogP contribution in [-0.2, 0) is 9.59 Å². The normalized spacial score (nSPS) is 18.9. The highest BCUT2D eigenvalue weighted by atomic mass is 32.2. The zero-order valence-electron chi connectivity index (χ0n) is 18.0. The number of nitrogens with one attached hydrogen (secondary N) is 1. The molecule has 2 aliphatic rings. The Morgan fingerprint density at radius 2 is 1.81 bits per heavy atom. The molecule has 2 saturated heterocycles. The van der Waals surface area contributed by atoms with Crippen molar-refractivity contribution in [3.63, 3.8) is 0 Å². The Balaban J connectivity index is 1.53. The van der Waals surface area contributed by atoms with Crippen molar-refractivity contribution in [2.24, 2.45) is 0 Å². The minimum atomic E-state index is -0.355. The highest BCUT2D eigenvalue weighted by Crippen LogP contribution is 2.34. The molecule has 0 spiro atoms. The van der Waals surface area contributed by atoms with Gasteiger partial charge in [0.25, 0.3) is 11.1 Å². The molecule has 1 N–H and O–H groups in total. The van der Waals surface area contributed by atoms with Crippen molar-refractivity contribution in [1.29, 1.82) is 0 Å². The second-order valence-corrected chi connectivity index (χ2v) is 8.48. The molecule has 3 amide bonds. The molecular formula is C22H29N3O5S. The number of thioether (sulfide) groups is 1. The van der Waals surface area contributed by atoms with Crippen LogP contribution in [0.15, 0.2) is 23.1 Å². The molecule has 1 aromatic carbocycles. The molecule has 0 atom stereocenters. The molecule has 8 nitrogen and oxygen atoms in total. The van der Waals surface area contributed by atoms with Crippen molar-refractivity contribution >= 4 is 34.9 Å². The van der Waals surface area contributed by atoms with Crippen molar-refractivity contribution in [3.05, 3.63) is 28.7 Å². The van der Waals surface area contributed by atoms with E-state index in [9.17, 15) is 14.4 Å². The molecule has 2 aliphatic heterocycles. The van der Waals surface area contributed by atoms with E-state index in [0.29, 0.717) is 22.9 Å². The van der Waals surface area contributed by atoms with Gasteiger partial charge >= 0.3 is 0 Å². The molecule has 0 saturated carbocycles. The summed E-state index contributed by atoms with van der Waals surface area (Å²) in [7, 11) is 3.09. The first-order chi connectivity index (χ1) is 15.0. The molecule has 0 radical (unpaired) electrons. The number of methoxy groups -OCH3 is 2. The van der Waals surface area contributed by atoms with Crippen LogP contribution in [0.1, 0.15) is 31.2 Å². The number of benzene rings is 1. The van der Waals surface area contributed by atoms with Crippen molar-refractivity contribution in [3.8, 4) is 11.5 Å². The van der Waals surface area contributed by atoms with E-state index in [0.717, 1.165) is 43.3 Å². The van der Waals surface area contributed by atoms with Crippen molar-refractivity contribution in [2.75, 3.05) is 46.9 Å². The van der Waals surface area contributed by atoms with Gasteiger partial charge in [0.05, 0.1) is 25.7 Å². The van der Waals surface area contributed by atoms with E-state index in [1.165, 1.54) is 24.9 Å². The lowest BCUT2D eigenvalue weighted by molar-refractivity contribution is -0.124. The van der Waals surface area contributed by atoms with Gasteiger partial charge in [0.2, 0.25) is 5.91 Å². The van der Waals surface area contributed by atoms with Crippen molar-refractivity contribution in [2.45, 2.75) is 25.7 Å². The third kappa shape index (κ3) is 6.24. The van der Waals surface area contributed by atoms with Crippen LogP contribution in [-0.4, -0.2) is 73.8 Å². The molecule has 2 heterocycles. The van der Waals surface area contributed by atoms with Gasteiger partial charge in [-0.25, -0.2) is 0 Å². The Labute approximate surface area is 186 Å². The lowest BCUT2D eigenvalue weighted by Crippen LogP contribution is -2.41. The third-order valence-corrected chi connectivity index (χ3v) is 6.21. The predicted octanol–water partition coefficient (Wildman–Crippen LogP) is 2.73. The van der Waals surface area contributed by atoms with Gasteiger partial charge in [-0.1, -0.05) is 18.9 Å². The molecule has 9 heteroatoms. The number of nitrogens with zero attached hydrogens (tertiary/aromatic N) is 2. The topological polar surface area (TPSA) is 88.2 Å². The van der Waals surface area contributed by atoms with E-state index in [-0.39, 0.29) is 30.1 Å². The lowest BCUT2D eigenvalue weighted by Gasteiger charge is -2.19. The predicted molar refractivity (Wildman–Crippen MR) is 120 cm³/mol. The summed E-state index contributed by atoms with van der Waals surface area (Å²) < 4.78 is 10.5. The maximum Gasteiger partial charge on any atom is 0.293 e. The Hall–Kier alpha value is -2.52. The molecule has 1 aromatic rings. The van der Waals surface area contributed by atoms with Crippen LogP contribution in [0.2, 0.25) is 0 Å². The minimum Gasteiger partial charge on any atom is -0.493 e. The summed E-state index contributed by atoms with van der Waals surface area (Å²) in [5.41, 5.74) is 0.730. The number of ether oxygens (including phenoxy) is 2. The van der Waals surface area contributed by atoms with Gasteiger partial charge in [0.15, 0.2) is 11.5 Å². The van der Waals surface area contributed by atoms with E-state index in [2.05, 4.69) is 10.2 Å². The largest absolute Gasteiger partial charge is 0.493 e. The first-order valence-electron chi connectivity index (χ1n) is 10.5. The first-order valence-corrected chi connectivity index (χ1v) is 11.3. The fourth-order valence-corrected chi connectivity index (χ4v) is 4.51. The van der Waals surface area contributed by atoms with E-state index in [1.807, 2.05) is 0 Å². The molecule has 0 aromatic heterocycles. The van der Waals surface area contributed by atoms with Gasteiger partial charge in [-0.05, 0) is 61.5 Å². The zero-order valence-corrected chi connectivity index (χ0v) is 18.8. The molecule has 0 aliphatic carbocycles. The van der Waals surface area contributed by atoms with E-state index < -0.39 is 0 Å². The average Bonchev–Trinajstić information content (AvgIpc) is 2.93. The number of hydrogen-bond acceptors (Lipinski definition) is 7. The van der Waals surface area contributed by atoms with Crippen LogP contribution in [0, 0.1) is 0 Å². The SMILES string of the molecule is COc1ccc(/C=C2\SC(=O)N(CCNC(=O)CN3CCCCCC3)C2=O)cc1OC. The van der Waals surface area contributed by atoms with Gasteiger partial charge < -0.3 is 14.8 Å². The van der Waals surface area contributed by atoms with Gasteiger partial charge in [-0.2, -0.15) is 0 Å². The molecule has 0 unspecified atom stereocenters. The first kappa shape index (κ1) is 23.1. The van der Waals surface area contributed by atoms with E-state index in [1.54, 1.807) is 31.4 Å². The molecule has 168 valence electrons. The molecule has 2 fully saturated rings. The zero-order chi connectivity index (χ0) is 22.2. The van der Waals surface area contributed by atoms with Crippen LogP contribution in [0.5, 0.6) is 11.5 Å². The Kier molecular flexibility index (Phi) is 8.36. The highest BCUT2D eigenvalue weighted by molar-refractivity contribution is 8.18. The third-order valence-electron chi connectivity index (χ3n) is 5.30. The van der Waals surface area contributed by atoms with Crippen LogP contribution in [0.25, 0.3) is 6.08 Å². The van der Waals surface area contributed by atoms with Gasteiger partial charge in [-0.3, -0.25) is 24.2 Å². The smallest absolute Gasteiger partial charge is 0.293 e. The standard InChI is InChI=1S/C22H29N3O5S/c1-29-17-8-7-16(13-18(17)30-2)14-19-21(27)25(22(28)31-19)12-9-23-20(26)15-24-10-5-3-4-6-11-24/h7-8,13-14H,3-6,9-12,15H2,1-2H3,(H,23,26)/b19-14-. The van der Waals surface area contributed by atoms with Crippen LogP contribution in [0.4, 0.5) is 4.79 Å². The monoisotopic (exact) mass is 447 g/mol. The summed E-state index contributed by atoms with van der Waals surface area (Å²) >= 11 is 0.895. The fraction of sp³-hybridized carbons (Fsp3) is 0.500. The van der Waals surface area contributed by atoms with Gasteiger partial charge in [0, 0.05) is 13.1 Å². The Bertz CT molecular complexity index is 850. The summed E-state index contributed by atoms with van der Waals surface area (Å²) in [4.78, 5) is 40.8. The number of rotatable bonds is 8. The van der Waals surface area contributed by atoms with Crippen LogP contribution >= 0.6 is 11.8 Å². The molecule has 0 bridgehead atoms. The fourth-order valence-electron chi connectivity index (χ4n) is 3.65. The van der Waals surface area contributed by atoms with Gasteiger partial charge in [0.1, 0.15) is 0 Å². The Morgan fingerprint density at radius 1 is 1.10 bits per heavy atom. The van der Waals surface area contributed by atoms with E-state index in [4.69, 9.17) is 9.47 Å². The van der Waals surface area contributed by atoms with Gasteiger partial charge in [-0.15, -0.1) is 0 Å². The molecular weight excluding hydrogens is 418 g/mol. The number of amides is 3. The van der Waals surface area contributed by atoms with Crippen molar-refractivity contribution in [1.82, 2.24) is 15.1 Å². The average molecular weight is 448 g/mol. The maximum atomic E-state index is 12.7. The number of carbonyl (C=O) groups excluding carboxylic acids is 3. The summed E-state index contributed by atoms with van der Waals surface area (Å²) in [6.07, 6.45) is 6.33. The number of likely N-dealkylation sites (tertiary alicyclic amines) is 1.